The first-order valence-electron chi connectivity index (χ1n) is 8.97. The lowest BCUT2D eigenvalue weighted by Gasteiger charge is -2.34. The maximum atomic E-state index is 4.32. The summed E-state index contributed by atoms with van der Waals surface area (Å²) < 4.78 is 0. The van der Waals surface area contributed by atoms with Crippen molar-refractivity contribution in [3.05, 3.63) is 30.1 Å². The van der Waals surface area contributed by atoms with Crippen LogP contribution in [0, 0.1) is 17.8 Å². The SMILES string of the molecule is CC1CC(C)CC(NC[C@@H]2CCN(C)[C@H]2c2cccnc2)C1. The van der Waals surface area contributed by atoms with Crippen LogP contribution in [0.4, 0.5) is 0 Å². The molecule has 4 atom stereocenters. The van der Waals surface area contributed by atoms with E-state index in [4.69, 9.17) is 0 Å². The molecule has 22 heavy (non-hydrogen) atoms. The molecule has 2 fully saturated rings. The molecule has 1 saturated carbocycles. The number of rotatable bonds is 4. The molecule has 0 spiro atoms. The smallest absolute Gasteiger partial charge is 0.0401 e. The van der Waals surface area contributed by atoms with Crippen LogP contribution in [-0.4, -0.2) is 36.1 Å². The Hall–Kier alpha value is -0.930. The van der Waals surface area contributed by atoms with Crippen LogP contribution in [0.5, 0.6) is 0 Å². The van der Waals surface area contributed by atoms with Crippen molar-refractivity contribution in [2.24, 2.45) is 17.8 Å². The van der Waals surface area contributed by atoms with Crippen molar-refractivity contribution in [3.63, 3.8) is 0 Å². The predicted octanol–water partition coefficient (Wildman–Crippen LogP) is 3.49. The maximum absolute atomic E-state index is 4.32. The standard InChI is InChI=1S/C19H31N3/c1-14-9-15(2)11-18(10-14)21-13-17-6-8-22(3)19(17)16-5-4-7-20-12-16/h4-5,7,12,14-15,17-19,21H,6,8-11,13H2,1-3H3/t14?,15?,17-,18?,19-/m0/s1. The minimum atomic E-state index is 0.527. The molecule has 3 rings (SSSR count). The Labute approximate surface area is 135 Å². The molecule has 1 N–H and O–H groups in total. The van der Waals surface area contributed by atoms with E-state index in [1.807, 2.05) is 12.4 Å². The summed E-state index contributed by atoms with van der Waals surface area (Å²) in [5, 5.41) is 3.90. The highest BCUT2D eigenvalue weighted by molar-refractivity contribution is 5.17. The Morgan fingerprint density at radius 1 is 1.23 bits per heavy atom. The van der Waals surface area contributed by atoms with Gasteiger partial charge in [-0.25, -0.2) is 0 Å². The van der Waals surface area contributed by atoms with Crippen LogP contribution in [0.3, 0.4) is 0 Å². The Balaban J connectivity index is 1.59. The summed E-state index contributed by atoms with van der Waals surface area (Å²) >= 11 is 0. The number of nitrogens with zero attached hydrogens (tertiary/aromatic N) is 2. The van der Waals surface area contributed by atoms with E-state index in [9.17, 15) is 0 Å². The molecule has 2 unspecified atom stereocenters. The van der Waals surface area contributed by atoms with Crippen LogP contribution in [0.25, 0.3) is 0 Å². The summed E-state index contributed by atoms with van der Waals surface area (Å²) in [7, 11) is 2.25. The molecule has 3 heteroatoms. The topological polar surface area (TPSA) is 28.2 Å². The van der Waals surface area contributed by atoms with Crippen molar-refractivity contribution in [3.8, 4) is 0 Å². The van der Waals surface area contributed by atoms with Crippen LogP contribution < -0.4 is 5.32 Å². The highest BCUT2D eigenvalue weighted by Gasteiger charge is 2.33. The van der Waals surface area contributed by atoms with Gasteiger partial charge in [0.25, 0.3) is 0 Å². The average Bonchev–Trinajstić information content (AvgIpc) is 2.86. The second kappa shape index (κ2) is 7.10. The third-order valence-electron chi connectivity index (χ3n) is 5.65. The normalized spacial score (nSPS) is 36.6. The van der Waals surface area contributed by atoms with E-state index in [-0.39, 0.29) is 0 Å². The predicted molar refractivity (Wildman–Crippen MR) is 91.7 cm³/mol. The molecule has 0 amide bonds. The molecular weight excluding hydrogens is 270 g/mol. The van der Waals surface area contributed by atoms with Gasteiger partial charge in [0, 0.05) is 31.0 Å². The Bertz CT molecular complexity index is 451. The summed E-state index contributed by atoms with van der Waals surface area (Å²) in [6, 6.07) is 5.55. The zero-order valence-electron chi connectivity index (χ0n) is 14.3. The van der Waals surface area contributed by atoms with E-state index < -0.39 is 0 Å². The summed E-state index contributed by atoms with van der Waals surface area (Å²) in [6.45, 7) is 7.16. The third-order valence-corrected chi connectivity index (χ3v) is 5.65. The lowest BCUT2D eigenvalue weighted by atomic mass is 9.80. The Morgan fingerprint density at radius 3 is 2.68 bits per heavy atom. The Morgan fingerprint density at radius 2 is 2.00 bits per heavy atom. The summed E-state index contributed by atoms with van der Waals surface area (Å²) in [5.41, 5.74) is 1.37. The number of nitrogens with one attached hydrogen (secondary N) is 1. The highest BCUT2D eigenvalue weighted by Crippen LogP contribution is 2.36. The maximum Gasteiger partial charge on any atom is 0.0401 e. The second-order valence-electron chi connectivity index (χ2n) is 7.78. The monoisotopic (exact) mass is 301 g/mol. The molecule has 122 valence electrons. The molecule has 2 heterocycles. The third kappa shape index (κ3) is 3.69. The van der Waals surface area contributed by atoms with Crippen LogP contribution in [-0.2, 0) is 0 Å². The zero-order valence-corrected chi connectivity index (χ0v) is 14.3. The van der Waals surface area contributed by atoms with Gasteiger partial charge < -0.3 is 5.32 Å². The molecular formula is C19H31N3. The number of hydrogen-bond acceptors (Lipinski definition) is 3. The molecule has 1 aliphatic heterocycles. The molecule has 1 aromatic rings. The van der Waals surface area contributed by atoms with Crippen molar-refractivity contribution in [2.75, 3.05) is 20.1 Å². The lowest BCUT2D eigenvalue weighted by Crippen LogP contribution is -2.39. The fourth-order valence-electron chi connectivity index (χ4n) is 4.75. The van der Waals surface area contributed by atoms with E-state index >= 15 is 0 Å². The first kappa shape index (κ1) is 15.9. The molecule has 1 aromatic heterocycles. The van der Waals surface area contributed by atoms with E-state index in [1.165, 1.54) is 37.8 Å². The van der Waals surface area contributed by atoms with E-state index in [2.05, 4.69) is 48.2 Å². The first-order chi connectivity index (χ1) is 10.6. The van der Waals surface area contributed by atoms with Crippen LogP contribution in [0.1, 0.15) is 51.1 Å². The van der Waals surface area contributed by atoms with Gasteiger partial charge in [0.2, 0.25) is 0 Å². The zero-order chi connectivity index (χ0) is 15.5. The van der Waals surface area contributed by atoms with Gasteiger partial charge >= 0.3 is 0 Å². The lowest BCUT2D eigenvalue weighted by molar-refractivity contribution is 0.219. The van der Waals surface area contributed by atoms with Gasteiger partial charge in [-0.05, 0) is 68.7 Å². The van der Waals surface area contributed by atoms with Crippen molar-refractivity contribution < 1.29 is 0 Å². The largest absolute Gasteiger partial charge is 0.314 e. The Kier molecular flexibility index (Phi) is 5.14. The van der Waals surface area contributed by atoms with E-state index in [1.54, 1.807) is 0 Å². The average molecular weight is 301 g/mol. The van der Waals surface area contributed by atoms with Gasteiger partial charge in [0.1, 0.15) is 0 Å². The summed E-state index contributed by atoms with van der Waals surface area (Å²) in [4.78, 5) is 6.82. The first-order valence-corrected chi connectivity index (χ1v) is 8.97. The molecule has 0 aromatic carbocycles. The number of aromatic nitrogens is 1. The van der Waals surface area contributed by atoms with Crippen molar-refractivity contribution in [1.29, 1.82) is 0 Å². The fraction of sp³-hybridized carbons (Fsp3) is 0.737. The molecule has 2 aliphatic rings. The van der Waals surface area contributed by atoms with Gasteiger partial charge in [-0.1, -0.05) is 19.9 Å². The van der Waals surface area contributed by atoms with Gasteiger partial charge in [-0.3, -0.25) is 9.88 Å². The quantitative estimate of drug-likeness (QED) is 0.922. The van der Waals surface area contributed by atoms with Gasteiger partial charge in [-0.2, -0.15) is 0 Å². The van der Waals surface area contributed by atoms with E-state index in [0.717, 1.165) is 24.4 Å². The van der Waals surface area contributed by atoms with Crippen LogP contribution >= 0.6 is 0 Å². The molecule has 0 radical (unpaired) electrons. The van der Waals surface area contributed by atoms with Crippen molar-refractivity contribution >= 4 is 0 Å². The minimum Gasteiger partial charge on any atom is -0.314 e. The van der Waals surface area contributed by atoms with Crippen LogP contribution in [0.15, 0.2) is 24.5 Å². The van der Waals surface area contributed by atoms with Crippen molar-refractivity contribution in [2.45, 2.75) is 51.6 Å². The van der Waals surface area contributed by atoms with Gasteiger partial charge in [0.15, 0.2) is 0 Å². The number of pyridine rings is 1. The highest BCUT2D eigenvalue weighted by atomic mass is 15.2. The van der Waals surface area contributed by atoms with E-state index in [0.29, 0.717) is 12.0 Å². The van der Waals surface area contributed by atoms with Gasteiger partial charge in [-0.15, -0.1) is 0 Å². The molecule has 1 saturated heterocycles. The number of likely N-dealkylation sites (tertiary alicyclic amines) is 1. The summed E-state index contributed by atoms with van der Waals surface area (Å²) in [5.74, 6) is 2.46. The minimum absolute atomic E-state index is 0.527. The van der Waals surface area contributed by atoms with Crippen molar-refractivity contribution in [1.82, 2.24) is 15.2 Å². The molecule has 3 nitrogen and oxygen atoms in total. The molecule has 0 bridgehead atoms. The van der Waals surface area contributed by atoms with Gasteiger partial charge in [0.05, 0.1) is 0 Å². The fourth-order valence-corrected chi connectivity index (χ4v) is 4.75. The molecule has 1 aliphatic carbocycles. The number of hydrogen-bond donors (Lipinski definition) is 1. The van der Waals surface area contributed by atoms with Crippen LogP contribution in [0.2, 0.25) is 0 Å². The second-order valence-corrected chi connectivity index (χ2v) is 7.78. The summed E-state index contributed by atoms with van der Waals surface area (Å²) in [6.07, 6.45) is 9.32.